The number of benzene rings is 1. The summed E-state index contributed by atoms with van der Waals surface area (Å²) in [4.78, 5) is 8.46. The molecule has 1 N–H and O–H groups in total. The number of hydrogen-bond acceptors (Lipinski definition) is 3. The van der Waals surface area contributed by atoms with Crippen molar-refractivity contribution < 1.29 is 5.11 Å². The van der Waals surface area contributed by atoms with Crippen LogP contribution in [0.4, 0.5) is 0 Å². The fourth-order valence-electron chi connectivity index (χ4n) is 4.09. The Morgan fingerprint density at radius 3 is 2.27 bits per heavy atom. The van der Waals surface area contributed by atoms with Crippen LogP contribution in [0, 0.1) is 5.92 Å². The molecule has 1 aliphatic carbocycles. The summed E-state index contributed by atoms with van der Waals surface area (Å²) < 4.78 is 0. The first-order valence-corrected chi connectivity index (χ1v) is 10.4. The lowest BCUT2D eigenvalue weighted by Crippen LogP contribution is -1.99. The molecule has 1 atom stereocenters. The third-order valence-electron chi connectivity index (χ3n) is 5.59. The molecular formula is C23H32N2O. The second-order valence-electron chi connectivity index (χ2n) is 7.79. The lowest BCUT2D eigenvalue weighted by atomic mass is 9.97. The van der Waals surface area contributed by atoms with Crippen molar-refractivity contribution in [3.63, 3.8) is 0 Å². The van der Waals surface area contributed by atoms with Gasteiger partial charge in [-0.2, -0.15) is 0 Å². The number of hydrogen-bond donors (Lipinski definition) is 1. The molecular weight excluding hydrogens is 320 g/mol. The highest BCUT2D eigenvalue weighted by molar-refractivity contribution is 5.58. The predicted molar refractivity (Wildman–Crippen MR) is 107 cm³/mol. The highest BCUT2D eigenvalue weighted by Crippen LogP contribution is 2.32. The van der Waals surface area contributed by atoms with Crippen LogP contribution in [0.1, 0.15) is 75.8 Å². The Labute approximate surface area is 157 Å². The van der Waals surface area contributed by atoms with Crippen LogP contribution in [0.3, 0.4) is 0 Å². The van der Waals surface area contributed by atoms with E-state index >= 15 is 0 Å². The van der Waals surface area contributed by atoms with Crippen molar-refractivity contribution in [2.45, 2.75) is 77.6 Å². The van der Waals surface area contributed by atoms with Gasteiger partial charge in [0.2, 0.25) is 0 Å². The second kappa shape index (κ2) is 9.70. The van der Waals surface area contributed by atoms with Crippen molar-refractivity contribution in [3.05, 3.63) is 41.7 Å². The number of unbranched alkanes of at least 4 members (excludes halogenated alkanes) is 7. The molecule has 1 aromatic heterocycles. The normalized spacial score (nSPS) is 16.0. The topological polar surface area (TPSA) is 46.0 Å². The molecule has 0 spiro atoms. The SMILES string of the molecule is CCCCCCCCCCC1Cc2ccc(-c3ncc(O)cn3)cc2C1. The molecule has 0 bridgehead atoms. The summed E-state index contributed by atoms with van der Waals surface area (Å²) in [6, 6.07) is 6.61. The van der Waals surface area contributed by atoms with Crippen LogP contribution in [0.5, 0.6) is 5.75 Å². The number of rotatable bonds is 10. The highest BCUT2D eigenvalue weighted by Gasteiger charge is 2.21. The van der Waals surface area contributed by atoms with Crippen molar-refractivity contribution in [2.24, 2.45) is 5.92 Å². The molecule has 140 valence electrons. The van der Waals surface area contributed by atoms with Gasteiger partial charge in [0, 0.05) is 5.56 Å². The standard InChI is InChI=1S/C23H32N2O/c1-2-3-4-5-6-7-8-9-10-18-13-19-11-12-20(15-21(19)14-18)23-24-16-22(26)17-25-23/h11-12,15-18,26H,2-10,13-14H2,1H3. The van der Waals surface area contributed by atoms with Crippen LogP contribution < -0.4 is 0 Å². The first-order chi connectivity index (χ1) is 12.8. The molecule has 0 radical (unpaired) electrons. The first-order valence-electron chi connectivity index (χ1n) is 10.4. The second-order valence-corrected chi connectivity index (χ2v) is 7.79. The van der Waals surface area contributed by atoms with Crippen LogP contribution in [0.25, 0.3) is 11.4 Å². The Bertz CT molecular complexity index is 681. The molecule has 3 nitrogen and oxygen atoms in total. The van der Waals surface area contributed by atoms with E-state index < -0.39 is 0 Å². The summed E-state index contributed by atoms with van der Waals surface area (Å²) in [6.45, 7) is 2.28. The van der Waals surface area contributed by atoms with Gasteiger partial charge in [0.1, 0.15) is 0 Å². The average Bonchev–Trinajstić information content (AvgIpc) is 3.06. The molecule has 1 aromatic carbocycles. The van der Waals surface area contributed by atoms with Gasteiger partial charge in [-0.1, -0.05) is 70.4 Å². The molecule has 0 amide bonds. The Balaban J connectivity index is 1.42. The minimum Gasteiger partial charge on any atom is -0.505 e. The van der Waals surface area contributed by atoms with E-state index in [1.807, 2.05) is 0 Å². The molecule has 3 heteroatoms. The van der Waals surface area contributed by atoms with E-state index in [-0.39, 0.29) is 5.75 Å². The van der Waals surface area contributed by atoms with Crippen LogP contribution in [0.2, 0.25) is 0 Å². The van der Waals surface area contributed by atoms with Crippen molar-refractivity contribution in [3.8, 4) is 17.1 Å². The van der Waals surface area contributed by atoms with Gasteiger partial charge in [-0.25, -0.2) is 9.97 Å². The number of aromatic nitrogens is 2. The van der Waals surface area contributed by atoms with Crippen LogP contribution in [-0.4, -0.2) is 15.1 Å². The lowest BCUT2D eigenvalue weighted by Gasteiger charge is -2.08. The Morgan fingerprint density at radius 1 is 0.885 bits per heavy atom. The smallest absolute Gasteiger partial charge is 0.159 e. The summed E-state index contributed by atoms with van der Waals surface area (Å²) in [6.07, 6.45) is 17.9. The van der Waals surface area contributed by atoms with Gasteiger partial charge in [0.25, 0.3) is 0 Å². The maximum absolute atomic E-state index is 9.34. The quantitative estimate of drug-likeness (QED) is 0.526. The molecule has 0 fully saturated rings. The Hall–Kier alpha value is -1.90. The van der Waals surface area contributed by atoms with Gasteiger partial charge in [-0.15, -0.1) is 0 Å². The molecule has 0 aliphatic heterocycles. The number of fused-ring (bicyclic) bond motifs is 1. The zero-order valence-corrected chi connectivity index (χ0v) is 16.1. The van der Waals surface area contributed by atoms with Crippen molar-refractivity contribution in [1.82, 2.24) is 9.97 Å². The maximum Gasteiger partial charge on any atom is 0.159 e. The average molecular weight is 353 g/mol. The molecule has 0 saturated heterocycles. The first kappa shape index (κ1) is 18.9. The lowest BCUT2D eigenvalue weighted by molar-refractivity contribution is 0.467. The number of aromatic hydroxyl groups is 1. The molecule has 2 aromatic rings. The molecule has 26 heavy (non-hydrogen) atoms. The van der Waals surface area contributed by atoms with E-state index in [4.69, 9.17) is 0 Å². The molecule has 1 unspecified atom stereocenters. The zero-order chi connectivity index (χ0) is 18.2. The largest absolute Gasteiger partial charge is 0.505 e. The monoisotopic (exact) mass is 352 g/mol. The van der Waals surface area contributed by atoms with Crippen LogP contribution in [0.15, 0.2) is 30.6 Å². The minimum atomic E-state index is 0.111. The number of nitrogens with zero attached hydrogens (tertiary/aromatic N) is 2. The van der Waals surface area contributed by atoms with Crippen LogP contribution in [-0.2, 0) is 12.8 Å². The van der Waals surface area contributed by atoms with E-state index in [9.17, 15) is 5.11 Å². The van der Waals surface area contributed by atoms with Gasteiger partial charge in [0.05, 0.1) is 12.4 Å². The van der Waals surface area contributed by atoms with E-state index in [0.29, 0.717) is 5.82 Å². The van der Waals surface area contributed by atoms with E-state index in [1.165, 1.54) is 94.1 Å². The molecule has 3 rings (SSSR count). The summed E-state index contributed by atoms with van der Waals surface area (Å²) in [7, 11) is 0. The predicted octanol–water partition coefficient (Wildman–Crippen LogP) is 6.09. The van der Waals surface area contributed by atoms with Gasteiger partial charge < -0.3 is 5.11 Å². The molecule has 1 heterocycles. The maximum atomic E-state index is 9.34. The van der Waals surface area contributed by atoms with Crippen LogP contribution >= 0.6 is 0 Å². The van der Waals surface area contributed by atoms with E-state index in [1.54, 1.807) is 0 Å². The van der Waals surface area contributed by atoms with E-state index in [0.717, 1.165) is 11.5 Å². The summed E-state index contributed by atoms with van der Waals surface area (Å²) >= 11 is 0. The summed E-state index contributed by atoms with van der Waals surface area (Å²) in [5.41, 5.74) is 4.01. The third kappa shape index (κ3) is 5.30. The summed E-state index contributed by atoms with van der Waals surface area (Å²) in [5.74, 6) is 1.61. The van der Waals surface area contributed by atoms with Gasteiger partial charge >= 0.3 is 0 Å². The third-order valence-corrected chi connectivity index (χ3v) is 5.59. The van der Waals surface area contributed by atoms with Crippen molar-refractivity contribution >= 4 is 0 Å². The molecule has 1 aliphatic rings. The summed E-state index contributed by atoms with van der Waals surface area (Å²) in [5, 5.41) is 9.34. The Kier molecular flexibility index (Phi) is 7.04. The van der Waals surface area contributed by atoms with Gasteiger partial charge in [-0.05, 0) is 42.4 Å². The van der Waals surface area contributed by atoms with Crippen molar-refractivity contribution in [1.29, 1.82) is 0 Å². The fraction of sp³-hybridized carbons (Fsp3) is 0.565. The fourth-order valence-corrected chi connectivity index (χ4v) is 4.09. The van der Waals surface area contributed by atoms with Gasteiger partial charge in [-0.3, -0.25) is 0 Å². The minimum absolute atomic E-state index is 0.111. The van der Waals surface area contributed by atoms with E-state index in [2.05, 4.69) is 35.1 Å². The zero-order valence-electron chi connectivity index (χ0n) is 16.1. The molecule has 0 saturated carbocycles. The highest BCUT2D eigenvalue weighted by atomic mass is 16.3. The van der Waals surface area contributed by atoms with Crippen molar-refractivity contribution in [2.75, 3.05) is 0 Å². The Morgan fingerprint density at radius 2 is 1.54 bits per heavy atom. The van der Waals surface area contributed by atoms with Gasteiger partial charge in [0.15, 0.2) is 11.6 Å².